The van der Waals surface area contributed by atoms with Gasteiger partial charge in [-0.1, -0.05) is 30.3 Å². The maximum absolute atomic E-state index is 12.2. The number of hydrogen-bond acceptors (Lipinski definition) is 4. The molecule has 7 nitrogen and oxygen atoms in total. The van der Waals surface area contributed by atoms with E-state index in [0.717, 1.165) is 5.56 Å². The summed E-state index contributed by atoms with van der Waals surface area (Å²) in [6.07, 6.45) is 2.86. The zero-order chi connectivity index (χ0) is 15.5. The molecule has 7 heteroatoms. The van der Waals surface area contributed by atoms with Gasteiger partial charge in [0.2, 0.25) is 0 Å². The molecule has 0 aliphatic carbocycles. The minimum Gasteiger partial charge on any atom is -0.314 e. The number of nitrogens with zero attached hydrogens (tertiary/aromatic N) is 2. The Bertz CT molecular complexity index is 850. The first-order chi connectivity index (χ1) is 10.6. The third-order valence-electron chi connectivity index (χ3n) is 3.09. The molecular formula is C15H13N5O2. The number of hydrogen-bond donors (Lipinski definition) is 3. The number of benzene rings is 1. The summed E-state index contributed by atoms with van der Waals surface area (Å²) in [6.45, 7) is 1.78. The average Bonchev–Trinajstić information content (AvgIpc) is 2.90. The van der Waals surface area contributed by atoms with E-state index >= 15 is 0 Å². The number of rotatable bonds is 3. The molecule has 0 fully saturated rings. The van der Waals surface area contributed by atoms with E-state index in [1.165, 1.54) is 12.4 Å². The maximum atomic E-state index is 12.2. The van der Waals surface area contributed by atoms with E-state index in [9.17, 15) is 9.59 Å². The number of carbonyl (C=O) groups excluding carboxylic acids is 1. The van der Waals surface area contributed by atoms with Crippen molar-refractivity contribution in [2.75, 3.05) is 5.32 Å². The lowest BCUT2D eigenvalue weighted by Gasteiger charge is -2.05. The van der Waals surface area contributed by atoms with Crippen molar-refractivity contribution in [1.82, 2.24) is 20.2 Å². The molecule has 2 aromatic heterocycles. The zero-order valence-electron chi connectivity index (χ0n) is 11.8. The van der Waals surface area contributed by atoms with Gasteiger partial charge in [0.25, 0.3) is 11.5 Å². The van der Waals surface area contributed by atoms with Crippen LogP contribution in [-0.4, -0.2) is 26.1 Å². The maximum Gasteiger partial charge on any atom is 0.288 e. The van der Waals surface area contributed by atoms with Crippen molar-refractivity contribution in [2.45, 2.75) is 6.92 Å². The van der Waals surface area contributed by atoms with Crippen LogP contribution in [0.5, 0.6) is 0 Å². The van der Waals surface area contributed by atoms with Crippen molar-refractivity contribution in [3.63, 3.8) is 0 Å². The van der Waals surface area contributed by atoms with Gasteiger partial charge < -0.3 is 5.32 Å². The minimum atomic E-state index is -0.491. The smallest absolute Gasteiger partial charge is 0.288 e. The van der Waals surface area contributed by atoms with Crippen LogP contribution >= 0.6 is 0 Å². The molecule has 110 valence electrons. The highest BCUT2D eigenvalue weighted by Gasteiger charge is 2.16. The number of H-pyrrole nitrogens is 2. The van der Waals surface area contributed by atoms with Gasteiger partial charge in [0, 0.05) is 11.8 Å². The van der Waals surface area contributed by atoms with Crippen molar-refractivity contribution >= 4 is 11.6 Å². The van der Waals surface area contributed by atoms with Gasteiger partial charge in [0.15, 0.2) is 0 Å². The lowest BCUT2D eigenvalue weighted by Crippen LogP contribution is -2.18. The van der Waals surface area contributed by atoms with Gasteiger partial charge in [-0.25, -0.2) is 4.98 Å². The van der Waals surface area contributed by atoms with Gasteiger partial charge in [-0.2, -0.15) is 0 Å². The Kier molecular flexibility index (Phi) is 3.53. The first kappa shape index (κ1) is 13.7. The number of aryl methyl sites for hydroxylation is 1. The number of carbonyl (C=O) groups is 1. The molecule has 0 spiro atoms. The highest BCUT2D eigenvalue weighted by Crippen LogP contribution is 2.22. The lowest BCUT2D eigenvalue weighted by molar-refractivity contribution is 0.102. The van der Waals surface area contributed by atoms with Crippen molar-refractivity contribution in [3.05, 3.63) is 64.5 Å². The summed E-state index contributed by atoms with van der Waals surface area (Å²) in [5.41, 5.74) is 1.89. The van der Waals surface area contributed by atoms with E-state index in [4.69, 9.17) is 0 Å². The van der Waals surface area contributed by atoms with Gasteiger partial charge in [-0.05, 0) is 6.92 Å². The van der Waals surface area contributed by atoms with Gasteiger partial charge in [0.05, 0.1) is 17.6 Å². The molecule has 0 bridgehead atoms. The number of amides is 1. The predicted octanol–water partition coefficient (Wildman–Crippen LogP) is 1.72. The van der Waals surface area contributed by atoms with Crippen molar-refractivity contribution < 1.29 is 4.79 Å². The predicted molar refractivity (Wildman–Crippen MR) is 81.6 cm³/mol. The average molecular weight is 295 g/mol. The molecule has 0 radical (unpaired) electrons. The molecule has 3 aromatic rings. The van der Waals surface area contributed by atoms with Crippen molar-refractivity contribution in [2.24, 2.45) is 0 Å². The van der Waals surface area contributed by atoms with Crippen LogP contribution < -0.4 is 10.9 Å². The van der Waals surface area contributed by atoms with Crippen molar-refractivity contribution in [3.8, 4) is 11.3 Å². The number of aromatic nitrogens is 4. The van der Waals surface area contributed by atoms with Crippen LogP contribution in [-0.2, 0) is 0 Å². The summed E-state index contributed by atoms with van der Waals surface area (Å²) >= 11 is 0. The third-order valence-corrected chi connectivity index (χ3v) is 3.09. The van der Waals surface area contributed by atoms with E-state index in [-0.39, 0.29) is 11.4 Å². The SMILES string of the molecule is Cc1cnc(C(=O)Nc2c(-c3ccccc3)[nH][nH]c2=O)cn1. The van der Waals surface area contributed by atoms with E-state index < -0.39 is 11.5 Å². The minimum absolute atomic E-state index is 0.144. The van der Waals surface area contributed by atoms with Gasteiger partial charge >= 0.3 is 0 Å². The molecule has 0 saturated carbocycles. The van der Waals surface area contributed by atoms with Gasteiger partial charge in [0.1, 0.15) is 11.4 Å². The van der Waals surface area contributed by atoms with Crippen LogP contribution in [0.2, 0.25) is 0 Å². The second-order valence-electron chi connectivity index (χ2n) is 4.69. The number of anilines is 1. The number of nitrogens with one attached hydrogen (secondary N) is 3. The van der Waals surface area contributed by atoms with E-state index in [0.29, 0.717) is 11.4 Å². The van der Waals surface area contributed by atoms with E-state index in [1.54, 1.807) is 6.92 Å². The molecule has 0 aliphatic heterocycles. The quantitative estimate of drug-likeness (QED) is 0.684. The molecule has 0 saturated heterocycles. The Hall–Kier alpha value is -3.22. The monoisotopic (exact) mass is 295 g/mol. The summed E-state index contributed by atoms with van der Waals surface area (Å²) in [6, 6.07) is 9.23. The second kappa shape index (κ2) is 5.65. The normalized spacial score (nSPS) is 10.4. The van der Waals surface area contributed by atoms with Gasteiger partial charge in [-0.3, -0.25) is 24.8 Å². The van der Waals surface area contributed by atoms with Crippen LogP contribution in [0.15, 0.2) is 47.5 Å². The molecule has 1 amide bonds. The summed E-state index contributed by atoms with van der Waals surface area (Å²) in [4.78, 5) is 32.1. The first-order valence-corrected chi connectivity index (χ1v) is 6.61. The molecule has 3 rings (SSSR count). The highest BCUT2D eigenvalue weighted by atomic mass is 16.2. The molecular weight excluding hydrogens is 282 g/mol. The molecule has 1 aromatic carbocycles. The Morgan fingerprint density at radius 1 is 1.09 bits per heavy atom. The Balaban J connectivity index is 1.93. The Morgan fingerprint density at radius 3 is 2.55 bits per heavy atom. The summed E-state index contributed by atoms with van der Waals surface area (Å²) in [5.74, 6) is -0.491. The lowest BCUT2D eigenvalue weighted by atomic mass is 10.1. The second-order valence-corrected chi connectivity index (χ2v) is 4.69. The standard InChI is InChI=1S/C15H13N5O2/c1-9-7-17-11(8-16-9)14(21)18-13-12(19-20-15(13)22)10-5-3-2-4-6-10/h2-8H,1H3,(H,18,21)(H2,19,20,22). The fourth-order valence-corrected chi connectivity index (χ4v) is 1.99. The molecule has 22 heavy (non-hydrogen) atoms. The number of aromatic amines is 2. The van der Waals surface area contributed by atoms with E-state index in [1.807, 2.05) is 30.3 Å². The van der Waals surface area contributed by atoms with Crippen LogP contribution in [0, 0.1) is 6.92 Å². The highest BCUT2D eigenvalue weighted by molar-refractivity contribution is 6.04. The summed E-state index contributed by atoms with van der Waals surface area (Å²) in [5, 5.41) is 7.81. The molecule has 0 aliphatic rings. The molecule has 0 atom stereocenters. The summed E-state index contributed by atoms with van der Waals surface area (Å²) < 4.78 is 0. The molecule has 0 unspecified atom stereocenters. The Morgan fingerprint density at radius 2 is 1.86 bits per heavy atom. The third kappa shape index (κ3) is 2.64. The zero-order valence-corrected chi connectivity index (χ0v) is 11.8. The van der Waals surface area contributed by atoms with Crippen LogP contribution in [0.25, 0.3) is 11.3 Å². The van der Waals surface area contributed by atoms with Gasteiger partial charge in [-0.15, -0.1) is 0 Å². The summed E-state index contributed by atoms with van der Waals surface area (Å²) in [7, 11) is 0. The molecule has 2 heterocycles. The molecule has 3 N–H and O–H groups in total. The fraction of sp³-hybridized carbons (Fsp3) is 0.0667. The van der Waals surface area contributed by atoms with Crippen LogP contribution in [0.1, 0.15) is 16.2 Å². The van der Waals surface area contributed by atoms with Crippen molar-refractivity contribution in [1.29, 1.82) is 0 Å². The first-order valence-electron chi connectivity index (χ1n) is 6.61. The topological polar surface area (TPSA) is 104 Å². The van der Waals surface area contributed by atoms with Crippen LogP contribution in [0.3, 0.4) is 0 Å². The van der Waals surface area contributed by atoms with E-state index in [2.05, 4.69) is 25.5 Å². The van der Waals surface area contributed by atoms with Crippen LogP contribution in [0.4, 0.5) is 5.69 Å². The fourth-order valence-electron chi connectivity index (χ4n) is 1.99. The largest absolute Gasteiger partial charge is 0.314 e. The Labute approximate surface area is 125 Å².